The summed E-state index contributed by atoms with van der Waals surface area (Å²) in [5.74, 6) is 0.775. The first kappa shape index (κ1) is 20.5. The van der Waals surface area contributed by atoms with E-state index in [2.05, 4.69) is 22.9 Å². The highest BCUT2D eigenvalue weighted by atomic mass is 35.5. The third-order valence-electron chi connectivity index (χ3n) is 4.48. The first-order valence-corrected chi connectivity index (χ1v) is 8.49. The third kappa shape index (κ3) is 5.80. The fraction of sp³-hybridized carbons (Fsp3) is 0.556. The average Bonchev–Trinajstić information content (AvgIpc) is 2.56. The maximum absolute atomic E-state index is 12.3. The van der Waals surface area contributed by atoms with Gasteiger partial charge in [0.25, 0.3) is 5.91 Å². The number of piperidine rings is 1. The van der Waals surface area contributed by atoms with Crippen LogP contribution in [-0.2, 0) is 4.79 Å². The molecule has 0 bridgehead atoms. The minimum Gasteiger partial charge on any atom is -0.352 e. The van der Waals surface area contributed by atoms with Crippen LogP contribution in [0.1, 0.15) is 43.5 Å². The predicted octanol–water partition coefficient (Wildman–Crippen LogP) is 2.82. The van der Waals surface area contributed by atoms with Crippen molar-refractivity contribution in [3.63, 3.8) is 0 Å². The Morgan fingerprint density at radius 2 is 1.92 bits per heavy atom. The Kier molecular flexibility index (Phi) is 8.79. The van der Waals surface area contributed by atoms with E-state index in [1.54, 1.807) is 18.2 Å². The number of nitrogens with one attached hydrogen (secondary N) is 3. The highest BCUT2D eigenvalue weighted by Crippen LogP contribution is 2.25. The lowest BCUT2D eigenvalue weighted by Crippen LogP contribution is -2.32. The summed E-state index contributed by atoms with van der Waals surface area (Å²) >= 11 is 0. The molecule has 2 rings (SSSR count). The first-order chi connectivity index (χ1) is 11.1. The number of anilines is 1. The number of hydrogen-bond donors (Lipinski definition) is 3. The van der Waals surface area contributed by atoms with Gasteiger partial charge < -0.3 is 16.0 Å². The van der Waals surface area contributed by atoms with Gasteiger partial charge in [-0.2, -0.15) is 0 Å². The van der Waals surface area contributed by atoms with Crippen molar-refractivity contribution in [1.82, 2.24) is 10.6 Å². The Morgan fingerprint density at radius 3 is 2.58 bits per heavy atom. The molecule has 6 heteroatoms. The van der Waals surface area contributed by atoms with Gasteiger partial charge in [-0.05, 0) is 56.8 Å². The van der Waals surface area contributed by atoms with Crippen molar-refractivity contribution in [3.8, 4) is 0 Å². The molecule has 2 amide bonds. The van der Waals surface area contributed by atoms with Gasteiger partial charge in [-0.15, -0.1) is 12.4 Å². The lowest BCUT2D eigenvalue weighted by Gasteiger charge is -2.28. The highest BCUT2D eigenvalue weighted by Gasteiger charge is 2.22. The van der Waals surface area contributed by atoms with E-state index >= 15 is 0 Å². The molecule has 134 valence electrons. The second-order valence-electron chi connectivity index (χ2n) is 6.22. The molecule has 0 radical (unpaired) electrons. The van der Waals surface area contributed by atoms with Crippen LogP contribution in [0, 0.1) is 11.8 Å². The van der Waals surface area contributed by atoms with Gasteiger partial charge in [0.2, 0.25) is 5.91 Å². The molecule has 0 aliphatic carbocycles. The number of rotatable bonds is 6. The monoisotopic (exact) mass is 353 g/mol. The summed E-state index contributed by atoms with van der Waals surface area (Å²) in [5.41, 5.74) is 1.10. The number of benzene rings is 1. The molecule has 1 atom stereocenters. The summed E-state index contributed by atoms with van der Waals surface area (Å²) in [4.78, 5) is 24.4. The van der Waals surface area contributed by atoms with E-state index in [4.69, 9.17) is 0 Å². The third-order valence-corrected chi connectivity index (χ3v) is 4.48. The molecule has 3 N–H and O–H groups in total. The van der Waals surface area contributed by atoms with Crippen LogP contribution in [0.2, 0.25) is 0 Å². The van der Waals surface area contributed by atoms with E-state index in [9.17, 15) is 9.59 Å². The Labute approximate surface area is 150 Å². The van der Waals surface area contributed by atoms with Crippen molar-refractivity contribution in [2.45, 2.75) is 33.1 Å². The molecular weight excluding hydrogens is 326 g/mol. The summed E-state index contributed by atoms with van der Waals surface area (Å²) in [6.45, 7) is 6.66. The lowest BCUT2D eigenvalue weighted by atomic mass is 9.84. The standard InChI is InChI=1S/C18H27N3O2.ClH/c1-3-20-18(23)15-6-4-5-7-16(15)21-17(22)12-13(2)14-8-10-19-11-9-14;/h4-7,13-14,19H,3,8-12H2,1-2H3,(H,20,23)(H,21,22);1H. The lowest BCUT2D eigenvalue weighted by molar-refractivity contribution is -0.117. The fourth-order valence-corrected chi connectivity index (χ4v) is 3.12. The molecule has 1 aromatic rings. The molecule has 0 aromatic heterocycles. The zero-order chi connectivity index (χ0) is 16.7. The first-order valence-electron chi connectivity index (χ1n) is 8.49. The van der Waals surface area contributed by atoms with Crippen LogP contribution in [0.5, 0.6) is 0 Å². The minimum absolute atomic E-state index is 0. The maximum atomic E-state index is 12.3. The maximum Gasteiger partial charge on any atom is 0.253 e. The number of para-hydroxylation sites is 1. The van der Waals surface area contributed by atoms with Gasteiger partial charge >= 0.3 is 0 Å². The molecule has 24 heavy (non-hydrogen) atoms. The second-order valence-corrected chi connectivity index (χ2v) is 6.22. The molecule has 5 nitrogen and oxygen atoms in total. The van der Waals surface area contributed by atoms with Gasteiger partial charge in [0.05, 0.1) is 11.3 Å². The molecule has 1 aromatic carbocycles. The van der Waals surface area contributed by atoms with Crippen LogP contribution in [0.4, 0.5) is 5.69 Å². The van der Waals surface area contributed by atoms with Crippen molar-refractivity contribution >= 4 is 29.9 Å². The summed E-state index contributed by atoms with van der Waals surface area (Å²) in [6.07, 6.45) is 2.75. The Hall–Kier alpha value is -1.59. The molecule has 1 saturated heterocycles. The zero-order valence-corrected chi connectivity index (χ0v) is 15.2. The SMILES string of the molecule is CCNC(=O)c1ccccc1NC(=O)CC(C)C1CCNCC1.Cl. The van der Waals surface area contributed by atoms with Gasteiger partial charge in [0.1, 0.15) is 0 Å². The van der Waals surface area contributed by atoms with Crippen LogP contribution in [0.3, 0.4) is 0 Å². The van der Waals surface area contributed by atoms with Crippen LogP contribution in [-0.4, -0.2) is 31.4 Å². The zero-order valence-electron chi connectivity index (χ0n) is 14.4. The highest BCUT2D eigenvalue weighted by molar-refractivity contribution is 6.03. The van der Waals surface area contributed by atoms with Crippen LogP contribution in [0.15, 0.2) is 24.3 Å². The molecule has 0 saturated carbocycles. The number of amides is 2. The van der Waals surface area contributed by atoms with Crippen molar-refractivity contribution in [2.75, 3.05) is 25.0 Å². The predicted molar refractivity (Wildman–Crippen MR) is 99.7 cm³/mol. The van der Waals surface area contributed by atoms with E-state index < -0.39 is 0 Å². The van der Waals surface area contributed by atoms with Crippen LogP contribution in [0.25, 0.3) is 0 Å². The Balaban J connectivity index is 0.00000288. The molecule has 0 spiro atoms. The molecule has 1 heterocycles. The Morgan fingerprint density at radius 1 is 1.25 bits per heavy atom. The van der Waals surface area contributed by atoms with E-state index in [1.165, 1.54) is 0 Å². The van der Waals surface area contributed by atoms with Gasteiger partial charge in [0.15, 0.2) is 0 Å². The van der Waals surface area contributed by atoms with Crippen molar-refractivity contribution in [1.29, 1.82) is 0 Å². The van der Waals surface area contributed by atoms with E-state index in [-0.39, 0.29) is 24.2 Å². The largest absolute Gasteiger partial charge is 0.352 e. The number of hydrogen-bond acceptors (Lipinski definition) is 3. The van der Waals surface area contributed by atoms with E-state index in [0.717, 1.165) is 25.9 Å². The normalized spacial score (nSPS) is 15.9. The topological polar surface area (TPSA) is 70.2 Å². The van der Waals surface area contributed by atoms with Gasteiger partial charge in [-0.1, -0.05) is 19.1 Å². The molecule has 1 aliphatic heterocycles. The summed E-state index contributed by atoms with van der Waals surface area (Å²) in [7, 11) is 0. The molecule has 1 aliphatic rings. The van der Waals surface area contributed by atoms with Gasteiger partial charge in [-0.25, -0.2) is 0 Å². The van der Waals surface area contributed by atoms with Crippen LogP contribution < -0.4 is 16.0 Å². The summed E-state index contributed by atoms with van der Waals surface area (Å²) in [5, 5.41) is 9.02. The van der Waals surface area contributed by atoms with Crippen molar-refractivity contribution in [2.24, 2.45) is 11.8 Å². The van der Waals surface area contributed by atoms with Crippen LogP contribution >= 0.6 is 12.4 Å². The van der Waals surface area contributed by atoms with Gasteiger partial charge in [0, 0.05) is 13.0 Å². The molecule has 1 unspecified atom stereocenters. The second kappa shape index (κ2) is 10.3. The van der Waals surface area contributed by atoms with Crippen molar-refractivity contribution < 1.29 is 9.59 Å². The molecular formula is C18H28ClN3O2. The molecule has 1 fully saturated rings. The smallest absolute Gasteiger partial charge is 0.253 e. The minimum atomic E-state index is -0.158. The number of halogens is 1. The summed E-state index contributed by atoms with van der Waals surface area (Å²) in [6, 6.07) is 7.14. The number of carbonyl (C=O) groups is 2. The van der Waals surface area contributed by atoms with E-state index in [0.29, 0.717) is 36.1 Å². The average molecular weight is 354 g/mol. The quantitative estimate of drug-likeness (QED) is 0.736. The van der Waals surface area contributed by atoms with Gasteiger partial charge in [-0.3, -0.25) is 9.59 Å². The number of carbonyl (C=O) groups excluding carboxylic acids is 2. The van der Waals surface area contributed by atoms with Crippen molar-refractivity contribution in [3.05, 3.63) is 29.8 Å². The Bertz CT molecular complexity index is 545. The van der Waals surface area contributed by atoms with E-state index in [1.807, 2.05) is 13.0 Å². The summed E-state index contributed by atoms with van der Waals surface area (Å²) < 4.78 is 0. The fourth-order valence-electron chi connectivity index (χ4n) is 3.12.